The average Bonchev–Trinajstić information content (AvgIpc) is 3.45. The van der Waals surface area contributed by atoms with E-state index in [2.05, 4.69) is 25.6 Å². The molecule has 2 aromatic heterocycles. The molecule has 3 rings (SSSR count). The zero-order chi connectivity index (χ0) is 19.6. The van der Waals surface area contributed by atoms with E-state index in [1.54, 1.807) is 0 Å². The number of hydrogen-bond donors (Lipinski definition) is 2. The van der Waals surface area contributed by atoms with E-state index in [0.717, 1.165) is 24.5 Å². The van der Waals surface area contributed by atoms with Crippen LogP contribution in [0, 0.1) is 5.82 Å². The van der Waals surface area contributed by atoms with Crippen LogP contribution < -0.4 is 10.6 Å². The first-order valence-corrected chi connectivity index (χ1v) is 7.88. The number of pyridine rings is 1. The quantitative estimate of drug-likeness (QED) is 0.772. The molecule has 1 aliphatic carbocycles. The number of nitrogens with zero attached hydrogens (tertiary/aromatic N) is 3. The molecule has 1 fully saturated rings. The molecule has 2 heterocycles. The molecule has 0 radical (unpaired) electrons. The highest BCUT2D eigenvalue weighted by Crippen LogP contribution is 2.41. The van der Waals surface area contributed by atoms with Gasteiger partial charge in [-0.15, -0.1) is 0 Å². The van der Waals surface area contributed by atoms with Gasteiger partial charge in [-0.1, -0.05) is 0 Å². The van der Waals surface area contributed by atoms with Gasteiger partial charge in [-0.05, 0) is 25.0 Å². The summed E-state index contributed by atoms with van der Waals surface area (Å²) in [5.41, 5.74) is -0.993. The molecule has 11 heteroatoms. The Labute approximate surface area is 150 Å². The van der Waals surface area contributed by atoms with Crippen LogP contribution >= 0.6 is 0 Å². The maximum atomic E-state index is 12.8. The molecular formula is C16H13F4N5O2. The Hall–Kier alpha value is -3.11. The first-order chi connectivity index (χ1) is 12.7. The van der Waals surface area contributed by atoms with Crippen molar-refractivity contribution in [3.05, 3.63) is 47.3 Å². The molecule has 7 nitrogen and oxygen atoms in total. The molecular weight excluding hydrogens is 370 g/mol. The number of aromatic nitrogens is 3. The van der Waals surface area contributed by atoms with Gasteiger partial charge in [-0.2, -0.15) is 13.2 Å². The Kier molecular flexibility index (Phi) is 5.02. The van der Waals surface area contributed by atoms with Crippen LogP contribution in [0.15, 0.2) is 24.5 Å². The topological polar surface area (TPSA) is 96.9 Å². The number of alkyl halides is 3. The standard InChI is InChI=1S/C16H13F4N5O2/c17-9-5-22-15(23-6-9)25-12(26)7-21-14(27)10-3-4-11(16(18,19)20)24-13(10)8-1-2-8/h3-6,8H,1-2,7H2,(H,21,27)(H,22,23,25,26). The van der Waals surface area contributed by atoms with Crippen LogP contribution in [0.5, 0.6) is 0 Å². The van der Waals surface area contributed by atoms with Crippen molar-refractivity contribution in [2.45, 2.75) is 24.9 Å². The van der Waals surface area contributed by atoms with Crippen molar-refractivity contribution in [1.29, 1.82) is 0 Å². The Bertz CT molecular complexity index is 866. The lowest BCUT2D eigenvalue weighted by molar-refractivity contribution is -0.141. The van der Waals surface area contributed by atoms with Crippen LogP contribution in [0.3, 0.4) is 0 Å². The maximum Gasteiger partial charge on any atom is 0.433 e. The van der Waals surface area contributed by atoms with Crippen molar-refractivity contribution in [3.8, 4) is 0 Å². The molecule has 1 aliphatic rings. The van der Waals surface area contributed by atoms with Gasteiger partial charge in [0.2, 0.25) is 11.9 Å². The third-order valence-electron chi connectivity index (χ3n) is 3.70. The van der Waals surface area contributed by atoms with Crippen LogP contribution in [0.2, 0.25) is 0 Å². The molecule has 0 atom stereocenters. The van der Waals surface area contributed by atoms with Gasteiger partial charge in [0.15, 0.2) is 5.82 Å². The van der Waals surface area contributed by atoms with Crippen LogP contribution in [0.4, 0.5) is 23.5 Å². The predicted octanol–water partition coefficient (Wildman–Crippen LogP) is 2.28. The van der Waals surface area contributed by atoms with Crippen molar-refractivity contribution < 1.29 is 27.2 Å². The molecule has 0 aliphatic heterocycles. The molecule has 2 amide bonds. The normalized spacial score (nSPS) is 13.9. The lowest BCUT2D eigenvalue weighted by Gasteiger charge is -2.12. The SMILES string of the molecule is O=C(CNC(=O)c1ccc(C(F)(F)F)nc1C1CC1)Nc1ncc(F)cn1. The zero-order valence-electron chi connectivity index (χ0n) is 13.7. The van der Waals surface area contributed by atoms with Crippen LogP contribution in [0.25, 0.3) is 0 Å². The zero-order valence-corrected chi connectivity index (χ0v) is 13.7. The molecule has 0 aromatic carbocycles. The third kappa shape index (κ3) is 4.74. The number of rotatable bonds is 5. The molecule has 2 aromatic rings. The highest BCUT2D eigenvalue weighted by Gasteiger charge is 2.36. The second-order valence-electron chi connectivity index (χ2n) is 5.86. The van der Waals surface area contributed by atoms with Crippen LogP contribution in [-0.4, -0.2) is 33.3 Å². The van der Waals surface area contributed by atoms with E-state index in [0.29, 0.717) is 12.8 Å². The Morgan fingerprint density at radius 3 is 2.41 bits per heavy atom. The first kappa shape index (κ1) is 18.7. The fraction of sp³-hybridized carbons (Fsp3) is 0.312. The van der Waals surface area contributed by atoms with Crippen molar-refractivity contribution in [2.24, 2.45) is 0 Å². The summed E-state index contributed by atoms with van der Waals surface area (Å²) in [4.78, 5) is 34.7. The average molecular weight is 383 g/mol. The summed E-state index contributed by atoms with van der Waals surface area (Å²) in [6.45, 7) is -0.468. The number of carbonyl (C=O) groups excluding carboxylic acids is 2. The summed E-state index contributed by atoms with van der Waals surface area (Å²) in [5, 5.41) is 4.56. The van der Waals surface area contributed by atoms with E-state index in [1.807, 2.05) is 0 Å². The molecule has 142 valence electrons. The summed E-state index contributed by atoms with van der Waals surface area (Å²) < 4.78 is 51.2. The lowest BCUT2D eigenvalue weighted by Crippen LogP contribution is -2.34. The number of carbonyl (C=O) groups is 2. The van der Waals surface area contributed by atoms with E-state index >= 15 is 0 Å². The van der Waals surface area contributed by atoms with Gasteiger partial charge in [0, 0.05) is 5.92 Å². The van der Waals surface area contributed by atoms with E-state index < -0.39 is 36.0 Å². The maximum absolute atomic E-state index is 12.8. The fourth-order valence-corrected chi connectivity index (χ4v) is 2.29. The monoisotopic (exact) mass is 383 g/mol. The van der Waals surface area contributed by atoms with Gasteiger partial charge in [0.05, 0.1) is 30.2 Å². The Morgan fingerprint density at radius 2 is 1.81 bits per heavy atom. The van der Waals surface area contributed by atoms with Gasteiger partial charge in [-0.3, -0.25) is 14.9 Å². The molecule has 0 spiro atoms. The fourth-order valence-electron chi connectivity index (χ4n) is 2.29. The van der Waals surface area contributed by atoms with Crippen molar-refractivity contribution in [1.82, 2.24) is 20.3 Å². The smallest absolute Gasteiger partial charge is 0.343 e. The number of anilines is 1. The molecule has 2 N–H and O–H groups in total. The Morgan fingerprint density at radius 1 is 1.15 bits per heavy atom. The summed E-state index contributed by atoms with van der Waals surface area (Å²) in [7, 11) is 0. The van der Waals surface area contributed by atoms with Crippen molar-refractivity contribution >= 4 is 17.8 Å². The van der Waals surface area contributed by atoms with E-state index in [4.69, 9.17) is 0 Å². The van der Waals surface area contributed by atoms with E-state index in [9.17, 15) is 27.2 Å². The molecule has 1 saturated carbocycles. The number of nitrogens with one attached hydrogen (secondary N) is 2. The number of halogens is 4. The molecule has 0 saturated heterocycles. The van der Waals surface area contributed by atoms with Crippen molar-refractivity contribution in [3.63, 3.8) is 0 Å². The van der Waals surface area contributed by atoms with E-state index in [-0.39, 0.29) is 23.1 Å². The van der Waals surface area contributed by atoms with Gasteiger partial charge in [-0.25, -0.2) is 19.3 Å². The van der Waals surface area contributed by atoms with Gasteiger partial charge in [0.1, 0.15) is 5.69 Å². The molecule has 0 unspecified atom stereocenters. The lowest BCUT2D eigenvalue weighted by atomic mass is 10.1. The number of amides is 2. The second-order valence-corrected chi connectivity index (χ2v) is 5.86. The Balaban J connectivity index is 1.65. The minimum Gasteiger partial charge on any atom is -0.343 e. The third-order valence-corrected chi connectivity index (χ3v) is 3.70. The summed E-state index contributed by atoms with van der Waals surface area (Å²) in [6, 6.07) is 1.78. The first-order valence-electron chi connectivity index (χ1n) is 7.88. The minimum absolute atomic E-state index is 0.00340. The van der Waals surface area contributed by atoms with Gasteiger partial charge < -0.3 is 5.32 Å². The highest BCUT2D eigenvalue weighted by atomic mass is 19.4. The van der Waals surface area contributed by atoms with Gasteiger partial charge in [0.25, 0.3) is 5.91 Å². The highest BCUT2D eigenvalue weighted by molar-refractivity contribution is 5.99. The van der Waals surface area contributed by atoms with E-state index in [1.165, 1.54) is 0 Å². The summed E-state index contributed by atoms with van der Waals surface area (Å²) in [6.07, 6.45) is -1.59. The second kappa shape index (κ2) is 7.25. The predicted molar refractivity (Wildman–Crippen MR) is 84.2 cm³/mol. The van der Waals surface area contributed by atoms with Crippen LogP contribution in [-0.2, 0) is 11.0 Å². The largest absolute Gasteiger partial charge is 0.433 e. The van der Waals surface area contributed by atoms with Crippen molar-refractivity contribution in [2.75, 3.05) is 11.9 Å². The van der Waals surface area contributed by atoms with Crippen LogP contribution in [0.1, 0.15) is 40.5 Å². The minimum atomic E-state index is -4.60. The number of hydrogen-bond acceptors (Lipinski definition) is 5. The molecule has 27 heavy (non-hydrogen) atoms. The molecule has 0 bridgehead atoms. The summed E-state index contributed by atoms with van der Waals surface area (Å²) in [5.74, 6) is -2.42. The van der Waals surface area contributed by atoms with Gasteiger partial charge >= 0.3 is 6.18 Å². The summed E-state index contributed by atoms with van der Waals surface area (Å²) >= 11 is 0.